The summed E-state index contributed by atoms with van der Waals surface area (Å²) in [5.41, 5.74) is -6.70. The maximum atomic E-state index is 15.9. The minimum atomic E-state index is -5.78. The second kappa shape index (κ2) is 24.7. The highest BCUT2D eigenvalue weighted by Gasteiger charge is 2.70. The first-order valence-electron chi connectivity index (χ1n) is 25.2. The molecule has 18 atom stereocenters. The van der Waals surface area contributed by atoms with Crippen LogP contribution in [0.4, 0.5) is 13.2 Å². The van der Waals surface area contributed by atoms with Crippen molar-refractivity contribution in [1.82, 2.24) is 4.90 Å². The highest BCUT2D eigenvalue weighted by atomic mass is 32.2. The van der Waals surface area contributed by atoms with E-state index < -0.39 is 154 Å². The number of aliphatic hydroxyl groups excluding tert-OH is 1. The third kappa shape index (κ3) is 13.8. The number of esters is 3. The van der Waals surface area contributed by atoms with E-state index in [1.807, 2.05) is 11.8 Å². The van der Waals surface area contributed by atoms with Gasteiger partial charge in [0.1, 0.15) is 23.6 Å². The minimum absolute atomic E-state index is 0.156. The predicted octanol–water partition coefficient (Wildman–Crippen LogP) is 6.70. The first kappa shape index (κ1) is 61.7. The van der Waals surface area contributed by atoms with Crippen molar-refractivity contribution < 1.29 is 92.7 Å². The van der Waals surface area contributed by atoms with Crippen LogP contribution < -0.4 is 0 Å². The van der Waals surface area contributed by atoms with Crippen molar-refractivity contribution in [2.75, 3.05) is 34.6 Å². The van der Waals surface area contributed by atoms with Gasteiger partial charge in [-0.2, -0.15) is 21.6 Å². The van der Waals surface area contributed by atoms with Crippen LogP contribution in [-0.4, -0.2) is 167 Å². The van der Waals surface area contributed by atoms with Gasteiger partial charge in [-0.25, -0.2) is 13.8 Å². The van der Waals surface area contributed by atoms with Gasteiger partial charge in [0.2, 0.25) is 5.60 Å². The first-order valence-corrected chi connectivity index (χ1v) is 27.0. The van der Waals surface area contributed by atoms with Crippen molar-refractivity contribution >= 4 is 33.8 Å². The summed E-state index contributed by atoms with van der Waals surface area (Å²) < 4.78 is 135. The van der Waals surface area contributed by atoms with Gasteiger partial charge in [-0.05, 0) is 92.2 Å². The normalized spacial score (nSPS) is 37.8. The number of alkyl halides is 3. The van der Waals surface area contributed by atoms with Gasteiger partial charge in [0.15, 0.2) is 24.8 Å². The summed E-state index contributed by atoms with van der Waals surface area (Å²) in [5.74, 6) is -9.68. The Morgan fingerprint density at radius 2 is 1.32 bits per heavy atom. The van der Waals surface area contributed by atoms with Crippen molar-refractivity contribution in [2.24, 2.45) is 23.7 Å². The number of rotatable bonds is 14. The average molecular weight is 1090 g/mol. The lowest BCUT2D eigenvalue weighted by molar-refractivity contribution is -0.322. The Balaban J connectivity index is 1.71. The quantitative estimate of drug-likeness (QED) is 0.118. The minimum Gasteiger partial charge on any atom is -0.458 e. The van der Waals surface area contributed by atoms with Crippen LogP contribution in [0.5, 0.6) is 0 Å². The fourth-order valence-electron chi connectivity index (χ4n) is 10.9. The van der Waals surface area contributed by atoms with Crippen LogP contribution in [0.1, 0.15) is 109 Å². The number of aliphatic hydroxyl groups is 1. The van der Waals surface area contributed by atoms with Crippen LogP contribution in [-0.2, 0) is 66.5 Å². The van der Waals surface area contributed by atoms with Crippen molar-refractivity contribution in [3.05, 3.63) is 71.8 Å². The van der Waals surface area contributed by atoms with Crippen LogP contribution in [0, 0.1) is 23.7 Å². The molecule has 3 aliphatic heterocycles. The number of methoxy groups -OCH3 is 2. The molecule has 0 amide bonds. The molecular weight excluding hydrogens is 1010 g/mol. The summed E-state index contributed by atoms with van der Waals surface area (Å²) >= 11 is 0. The van der Waals surface area contributed by atoms with E-state index in [0.717, 1.165) is 6.92 Å². The number of benzene rings is 2. The Bertz CT molecular complexity index is 2370. The van der Waals surface area contributed by atoms with E-state index in [4.69, 9.17) is 46.8 Å². The number of carbonyl (C=O) groups excluding carboxylic acids is 4. The summed E-state index contributed by atoms with van der Waals surface area (Å²) in [4.78, 5) is 58.6. The third-order valence-electron chi connectivity index (χ3n) is 15.1. The van der Waals surface area contributed by atoms with Gasteiger partial charge in [-0.1, -0.05) is 64.1 Å². The smallest absolute Gasteiger partial charge is 0.425 e. The first-order chi connectivity index (χ1) is 34.9. The molecule has 22 heteroatoms. The van der Waals surface area contributed by atoms with E-state index in [1.165, 1.54) is 35.0 Å². The highest BCUT2D eigenvalue weighted by Crippen LogP contribution is 2.48. The molecule has 3 heterocycles. The predicted molar refractivity (Wildman–Crippen MR) is 264 cm³/mol. The number of ether oxygens (including phenoxy) is 9. The zero-order valence-electron chi connectivity index (χ0n) is 45.2. The Morgan fingerprint density at radius 3 is 1.81 bits per heavy atom. The summed E-state index contributed by atoms with van der Waals surface area (Å²) in [7, 11) is 1.20. The van der Waals surface area contributed by atoms with E-state index >= 15 is 13.2 Å². The van der Waals surface area contributed by atoms with Gasteiger partial charge in [-0.3, -0.25) is 9.59 Å². The second-order valence-electron chi connectivity index (χ2n) is 21.0. The van der Waals surface area contributed by atoms with Crippen LogP contribution in [0.25, 0.3) is 0 Å². The lowest BCUT2D eigenvalue weighted by Crippen LogP contribution is -2.68. The zero-order chi connectivity index (χ0) is 56.2. The van der Waals surface area contributed by atoms with Crippen molar-refractivity contribution in [2.45, 2.75) is 178 Å². The Morgan fingerprint density at radius 1 is 0.787 bits per heavy atom. The molecular formula is C53H76F3NO17S. The summed E-state index contributed by atoms with van der Waals surface area (Å²) in [6.07, 6.45) is -21.0. The molecule has 2 unspecified atom stereocenters. The maximum Gasteiger partial charge on any atom is 0.425 e. The Kier molecular flexibility index (Phi) is 20.3. The molecule has 0 spiro atoms. The molecule has 3 aliphatic rings. The molecule has 0 radical (unpaired) electrons. The maximum absolute atomic E-state index is 15.9. The molecule has 0 bridgehead atoms. The summed E-state index contributed by atoms with van der Waals surface area (Å²) in [6.45, 7) is 13.2. The van der Waals surface area contributed by atoms with Crippen molar-refractivity contribution in [1.29, 1.82) is 0 Å². The third-order valence-corrected chi connectivity index (χ3v) is 15.7. The number of hydrogen-bond acceptors (Lipinski definition) is 18. The lowest BCUT2D eigenvalue weighted by Gasteiger charge is -2.50. The van der Waals surface area contributed by atoms with Gasteiger partial charge in [-0.15, -0.1) is 0 Å². The van der Waals surface area contributed by atoms with Crippen LogP contribution in [0.3, 0.4) is 0 Å². The molecule has 2 aromatic carbocycles. The number of halogens is 3. The summed E-state index contributed by atoms with van der Waals surface area (Å²) in [6, 6.07) is 16.0. The molecule has 18 nitrogen and oxygen atoms in total. The fourth-order valence-corrected chi connectivity index (χ4v) is 11.7. The Hall–Kier alpha value is -4.10. The molecule has 5 rings (SSSR count). The average Bonchev–Trinajstić information content (AvgIpc) is 3.35. The molecule has 0 aliphatic carbocycles. The van der Waals surface area contributed by atoms with Gasteiger partial charge in [0.05, 0.1) is 59.4 Å². The zero-order valence-corrected chi connectivity index (χ0v) is 46.0. The SMILES string of the molecule is CC[C@H]1OC(=O)[C@H](C)[C@@H](OC2C[C@@](C)(OC)[C@@H](OC(=O)c3ccccc3)[C@H](C)O2)[C@H](C)[C@@H](OC2O[C@H](C)C[C@H](N(C)C)[C@H]2OC(=O)c2ccccc2)[C@](C)(OC)C[C@@H](C)C(=O)[C@H](C)[C@@H](O)[C@]1(OS(C)(=O)=O)C(F)(F)F. The largest absolute Gasteiger partial charge is 0.458 e. The highest BCUT2D eigenvalue weighted by molar-refractivity contribution is 7.86. The standard InChI is InChI=1S/C53H76F3NO17S/c1-15-38-52(53(54,55)56,74-75(14,63)64)43(59)31(4)40(58)29(2)27-50(8,65-12)44(73-49-42(37(57(10)11)26-30(3)67-49)71-47(61)35-22-18-16-19-23-35)32(5)41(33(6)46(60)69-38)70-39-28-51(9,66-13)45(34(7)68-39)72-48(62)36-24-20-17-21-25-36/h16-25,29-34,37-39,41-45,49,59H,15,26-28H2,1-14H3/t29-,30-,31+,32+,33-,34+,37+,38-,39?,41+,42-,43-,44-,45+,49?,50-,51-,52+/m1/s1. The van der Waals surface area contributed by atoms with Crippen LogP contribution in [0.15, 0.2) is 60.7 Å². The van der Waals surface area contributed by atoms with E-state index in [2.05, 4.69) is 0 Å². The second-order valence-corrected chi connectivity index (χ2v) is 22.6. The molecule has 2 aromatic rings. The van der Waals surface area contributed by atoms with Crippen molar-refractivity contribution in [3.8, 4) is 0 Å². The molecule has 1 N–H and O–H groups in total. The van der Waals surface area contributed by atoms with Gasteiger partial charge in [0.25, 0.3) is 10.1 Å². The van der Waals surface area contributed by atoms with Crippen molar-refractivity contribution in [3.63, 3.8) is 0 Å². The lowest BCUT2D eigenvalue weighted by atomic mass is 9.73. The van der Waals surface area contributed by atoms with Crippen LogP contribution in [0.2, 0.25) is 0 Å². The topological polar surface area (TPSA) is 218 Å². The number of likely N-dealkylation sites (N-methyl/N-ethyl adjacent to an activating group) is 1. The van der Waals surface area contributed by atoms with Gasteiger partial charge >= 0.3 is 24.1 Å². The van der Waals surface area contributed by atoms with E-state index in [1.54, 1.807) is 102 Å². The number of cyclic esters (lactones) is 1. The number of nitrogens with zero attached hydrogens (tertiary/aromatic N) is 1. The Labute approximate surface area is 438 Å². The number of ketones is 1. The molecule has 3 fully saturated rings. The van der Waals surface area contributed by atoms with E-state index in [0.29, 0.717) is 12.7 Å². The molecule has 75 heavy (non-hydrogen) atoms. The molecule has 0 aromatic heterocycles. The molecule has 3 saturated heterocycles. The molecule has 422 valence electrons. The fraction of sp³-hybridized carbons (Fsp3) is 0.698. The number of hydrogen-bond donors (Lipinski definition) is 1. The number of carbonyl (C=O) groups is 4. The van der Waals surface area contributed by atoms with Gasteiger partial charge < -0.3 is 52.6 Å². The monoisotopic (exact) mass is 1090 g/mol. The van der Waals surface area contributed by atoms with E-state index in [-0.39, 0.29) is 24.0 Å². The number of Topliss-reactive ketones (excluding diaryl/α,β-unsaturated/α-hetero) is 1. The van der Waals surface area contributed by atoms with E-state index in [9.17, 15) is 32.7 Å². The van der Waals surface area contributed by atoms with Crippen LogP contribution >= 0.6 is 0 Å². The molecule has 0 saturated carbocycles. The van der Waals surface area contributed by atoms with Gasteiger partial charge in [0, 0.05) is 38.4 Å². The summed E-state index contributed by atoms with van der Waals surface area (Å²) in [5, 5.41) is 11.9.